The van der Waals surface area contributed by atoms with Crippen LogP contribution in [0.4, 0.5) is 0 Å². The topological polar surface area (TPSA) is 58.2 Å². The highest BCUT2D eigenvalue weighted by Gasteiger charge is 2.34. The zero-order valence-electron chi connectivity index (χ0n) is 11.0. The fourth-order valence-electron chi connectivity index (χ4n) is 2.02. The third-order valence-corrected chi connectivity index (χ3v) is 4.92. The van der Waals surface area contributed by atoms with Gasteiger partial charge in [-0.3, -0.25) is 9.00 Å². The number of piperidine rings is 1. The van der Waals surface area contributed by atoms with E-state index < -0.39 is 10.8 Å². The molecule has 0 bridgehead atoms. The summed E-state index contributed by atoms with van der Waals surface area (Å²) in [5.74, 6) is 0.124. The Balaban J connectivity index is 2.31. The maximum Gasteiger partial charge on any atom is 0.227 e. The van der Waals surface area contributed by atoms with E-state index in [-0.39, 0.29) is 16.6 Å². The molecule has 5 heteroatoms. The largest absolute Gasteiger partial charge is 0.356 e. The van der Waals surface area contributed by atoms with Crippen LogP contribution in [-0.2, 0) is 15.6 Å². The molecule has 4 nitrogen and oxygen atoms in total. The van der Waals surface area contributed by atoms with Crippen LogP contribution in [0.3, 0.4) is 0 Å². The van der Waals surface area contributed by atoms with Gasteiger partial charge in [-0.1, -0.05) is 6.92 Å². The molecule has 1 aliphatic heterocycles. The van der Waals surface area contributed by atoms with Gasteiger partial charge in [-0.25, -0.2) is 0 Å². The third kappa shape index (κ3) is 4.39. The third-order valence-electron chi connectivity index (χ3n) is 3.55. The van der Waals surface area contributed by atoms with Crippen LogP contribution in [0.2, 0.25) is 0 Å². The van der Waals surface area contributed by atoms with Gasteiger partial charge >= 0.3 is 0 Å². The minimum Gasteiger partial charge on any atom is -0.356 e. The van der Waals surface area contributed by atoms with Gasteiger partial charge in [-0.15, -0.1) is 0 Å². The standard InChI is InChI=1S/C12H24N2O2S/c1-10(17(3)16)5-8-14-11(15)12(2)6-4-7-13-9-12/h10,13H,4-9H2,1-3H3,(H,14,15). The molecule has 0 aromatic carbocycles. The first-order valence-corrected chi connectivity index (χ1v) is 7.89. The lowest BCUT2D eigenvalue weighted by Gasteiger charge is -2.32. The van der Waals surface area contributed by atoms with E-state index in [2.05, 4.69) is 10.6 Å². The van der Waals surface area contributed by atoms with Crippen molar-refractivity contribution in [1.82, 2.24) is 10.6 Å². The second-order valence-electron chi connectivity index (χ2n) is 5.19. The van der Waals surface area contributed by atoms with Crippen molar-refractivity contribution >= 4 is 16.7 Å². The lowest BCUT2D eigenvalue weighted by atomic mass is 9.82. The van der Waals surface area contributed by atoms with Crippen LogP contribution in [0.1, 0.15) is 33.1 Å². The van der Waals surface area contributed by atoms with Crippen molar-refractivity contribution < 1.29 is 9.00 Å². The number of amides is 1. The van der Waals surface area contributed by atoms with E-state index in [4.69, 9.17) is 0 Å². The summed E-state index contributed by atoms with van der Waals surface area (Å²) in [6, 6.07) is 0. The maximum absolute atomic E-state index is 12.0. The second kappa shape index (κ2) is 6.50. The molecule has 0 aliphatic carbocycles. The van der Waals surface area contributed by atoms with E-state index in [1.165, 1.54) is 0 Å². The van der Waals surface area contributed by atoms with Gasteiger partial charge in [0.25, 0.3) is 0 Å². The Labute approximate surface area is 106 Å². The lowest BCUT2D eigenvalue weighted by Crippen LogP contribution is -2.49. The van der Waals surface area contributed by atoms with Gasteiger partial charge in [0, 0.05) is 35.4 Å². The highest BCUT2D eigenvalue weighted by Crippen LogP contribution is 2.25. The molecular weight excluding hydrogens is 236 g/mol. The zero-order chi connectivity index (χ0) is 12.9. The summed E-state index contributed by atoms with van der Waals surface area (Å²) in [6.07, 6.45) is 4.48. The monoisotopic (exact) mass is 260 g/mol. The van der Waals surface area contributed by atoms with Crippen LogP contribution in [0, 0.1) is 5.41 Å². The van der Waals surface area contributed by atoms with Crippen molar-refractivity contribution in [2.45, 2.75) is 38.4 Å². The smallest absolute Gasteiger partial charge is 0.227 e. The maximum atomic E-state index is 12.0. The normalized spacial score (nSPS) is 28.4. The van der Waals surface area contributed by atoms with Gasteiger partial charge < -0.3 is 10.6 Å². The molecule has 1 heterocycles. The summed E-state index contributed by atoms with van der Waals surface area (Å²) < 4.78 is 11.2. The molecule has 1 rings (SSSR count). The van der Waals surface area contributed by atoms with Crippen molar-refractivity contribution in [3.63, 3.8) is 0 Å². The minimum absolute atomic E-state index is 0.124. The molecule has 1 amide bonds. The van der Waals surface area contributed by atoms with E-state index in [1.54, 1.807) is 6.26 Å². The summed E-state index contributed by atoms with van der Waals surface area (Å²) in [7, 11) is -0.804. The fourth-order valence-corrected chi connectivity index (χ4v) is 2.47. The van der Waals surface area contributed by atoms with Crippen molar-refractivity contribution in [2.75, 3.05) is 25.9 Å². The van der Waals surface area contributed by atoms with Crippen molar-refractivity contribution in [3.8, 4) is 0 Å². The Kier molecular flexibility index (Phi) is 5.59. The van der Waals surface area contributed by atoms with E-state index in [1.807, 2.05) is 13.8 Å². The van der Waals surface area contributed by atoms with Crippen LogP contribution >= 0.6 is 0 Å². The number of rotatable bonds is 5. The summed E-state index contributed by atoms with van der Waals surface area (Å²) >= 11 is 0. The summed E-state index contributed by atoms with van der Waals surface area (Å²) in [5.41, 5.74) is -0.271. The Morgan fingerprint density at radius 1 is 1.59 bits per heavy atom. The molecule has 3 unspecified atom stereocenters. The minimum atomic E-state index is -0.804. The fraction of sp³-hybridized carbons (Fsp3) is 0.917. The first kappa shape index (κ1) is 14.6. The van der Waals surface area contributed by atoms with Crippen molar-refractivity contribution in [1.29, 1.82) is 0 Å². The van der Waals surface area contributed by atoms with E-state index >= 15 is 0 Å². The van der Waals surface area contributed by atoms with E-state index in [9.17, 15) is 9.00 Å². The number of carbonyl (C=O) groups excluding carboxylic acids is 1. The Morgan fingerprint density at radius 2 is 2.29 bits per heavy atom. The molecule has 1 aliphatic rings. The number of hydrogen-bond acceptors (Lipinski definition) is 3. The summed E-state index contributed by atoms with van der Waals surface area (Å²) in [4.78, 5) is 12.0. The molecule has 2 N–H and O–H groups in total. The van der Waals surface area contributed by atoms with Crippen molar-refractivity contribution in [2.24, 2.45) is 5.41 Å². The molecule has 17 heavy (non-hydrogen) atoms. The number of carbonyl (C=O) groups is 1. The summed E-state index contributed by atoms with van der Waals surface area (Å²) in [5, 5.41) is 6.38. The first-order chi connectivity index (χ1) is 7.96. The van der Waals surface area contributed by atoms with E-state index in [0.717, 1.165) is 32.4 Å². The molecule has 0 saturated carbocycles. The lowest BCUT2D eigenvalue weighted by molar-refractivity contribution is -0.131. The molecule has 1 fully saturated rings. The van der Waals surface area contributed by atoms with Gasteiger partial charge in [-0.2, -0.15) is 0 Å². The summed E-state index contributed by atoms with van der Waals surface area (Å²) in [6.45, 7) is 6.35. The SMILES string of the molecule is CC(CCNC(=O)C1(C)CCCNC1)S(C)=O. The average molecular weight is 260 g/mol. The number of hydrogen-bond donors (Lipinski definition) is 2. The van der Waals surface area contributed by atoms with Gasteiger partial charge in [0.15, 0.2) is 0 Å². The Hall–Kier alpha value is -0.420. The average Bonchev–Trinajstić information content (AvgIpc) is 2.29. The second-order valence-corrected chi connectivity index (χ2v) is 7.00. The molecule has 0 spiro atoms. The quantitative estimate of drug-likeness (QED) is 0.763. The molecule has 0 radical (unpaired) electrons. The Bertz CT molecular complexity index is 288. The van der Waals surface area contributed by atoms with Gasteiger partial charge in [0.2, 0.25) is 5.91 Å². The van der Waals surface area contributed by atoms with Crippen LogP contribution < -0.4 is 10.6 Å². The van der Waals surface area contributed by atoms with E-state index in [0.29, 0.717) is 6.54 Å². The van der Waals surface area contributed by atoms with Crippen LogP contribution in [-0.4, -0.2) is 41.3 Å². The number of nitrogens with one attached hydrogen (secondary N) is 2. The highest BCUT2D eigenvalue weighted by atomic mass is 32.2. The molecule has 3 atom stereocenters. The molecular formula is C12H24N2O2S. The van der Waals surface area contributed by atoms with Crippen LogP contribution in [0.25, 0.3) is 0 Å². The molecule has 0 aromatic rings. The zero-order valence-corrected chi connectivity index (χ0v) is 11.9. The van der Waals surface area contributed by atoms with Gasteiger partial charge in [0.1, 0.15) is 0 Å². The first-order valence-electron chi connectivity index (χ1n) is 6.27. The Morgan fingerprint density at radius 3 is 2.82 bits per heavy atom. The van der Waals surface area contributed by atoms with Gasteiger partial charge in [0.05, 0.1) is 5.41 Å². The molecule has 0 aromatic heterocycles. The molecule has 100 valence electrons. The highest BCUT2D eigenvalue weighted by molar-refractivity contribution is 7.84. The predicted molar refractivity (Wildman–Crippen MR) is 71.4 cm³/mol. The molecule has 1 saturated heterocycles. The van der Waals surface area contributed by atoms with Crippen molar-refractivity contribution in [3.05, 3.63) is 0 Å². The predicted octanol–water partition coefficient (Wildman–Crippen LogP) is 0.649. The van der Waals surface area contributed by atoms with Crippen LogP contribution in [0.5, 0.6) is 0 Å². The van der Waals surface area contributed by atoms with Gasteiger partial charge in [-0.05, 0) is 32.7 Å². The van der Waals surface area contributed by atoms with Crippen LogP contribution in [0.15, 0.2) is 0 Å².